The van der Waals surface area contributed by atoms with Crippen molar-refractivity contribution in [1.82, 2.24) is 19.1 Å². The molecule has 0 unspecified atom stereocenters. The normalized spacial score (nSPS) is 11.0. The lowest BCUT2D eigenvalue weighted by Gasteiger charge is -2.07. The van der Waals surface area contributed by atoms with E-state index in [4.69, 9.17) is 0 Å². The molecule has 2 aromatic rings. The summed E-state index contributed by atoms with van der Waals surface area (Å²) in [7, 11) is 1.98. The summed E-state index contributed by atoms with van der Waals surface area (Å²) in [4.78, 5) is 19.6. The zero-order valence-corrected chi connectivity index (χ0v) is 13.0. The maximum atomic E-state index is 10.8. The fraction of sp³-hybridized carbons (Fsp3) is 0.562. The van der Waals surface area contributed by atoms with Gasteiger partial charge in [-0.15, -0.1) is 0 Å². The van der Waals surface area contributed by atoms with Gasteiger partial charge in [-0.1, -0.05) is 19.3 Å². The highest BCUT2D eigenvalue weighted by Gasteiger charge is 2.09. The van der Waals surface area contributed by atoms with Crippen LogP contribution < -0.4 is 0 Å². The Morgan fingerprint density at radius 1 is 1.00 bits per heavy atom. The smallest absolute Gasteiger partial charge is 0.176 e. The van der Waals surface area contributed by atoms with Gasteiger partial charge in [0.2, 0.25) is 0 Å². The minimum Gasteiger partial charge on any atom is -0.331 e. The molecular formula is C16H24N4O. The number of Topliss-reactive ketones (excluding diaryl/α,β-unsaturated/α-hetero) is 1. The van der Waals surface area contributed by atoms with Crippen molar-refractivity contribution >= 4 is 5.78 Å². The number of carbonyl (C=O) groups excluding carboxylic acids is 1. The van der Waals surface area contributed by atoms with Gasteiger partial charge < -0.3 is 13.9 Å². The summed E-state index contributed by atoms with van der Waals surface area (Å²) in [6.45, 7) is 2.63. The second-order valence-corrected chi connectivity index (χ2v) is 5.53. The standard InChI is InChI=1S/C16H24N4O/c1-14(21)8-6-4-3-5-7-11-20-13-10-18-16(20)15-17-9-12-19(15)2/h9-10,12-13H,3-8,11H2,1-2H3. The third-order valence-corrected chi connectivity index (χ3v) is 3.66. The first kappa shape index (κ1) is 15.5. The summed E-state index contributed by atoms with van der Waals surface area (Å²) in [5.41, 5.74) is 0. The molecular weight excluding hydrogens is 264 g/mol. The molecule has 0 saturated carbocycles. The second-order valence-electron chi connectivity index (χ2n) is 5.53. The lowest BCUT2D eigenvalue weighted by Crippen LogP contribution is -2.03. The van der Waals surface area contributed by atoms with Crippen molar-refractivity contribution in [2.75, 3.05) is 0 Å². The van der Waals surface area contributed by atoms with E-state index in [0.717, 1.165) is 43.9 Å². The minimum atomic E-state index is 0.299. The van der Waals surface area contributed by atoms with Crippen LogP contribution in [0.15, 0.2) is 24.8 Å². The van der Waals surface area contributed by atoms with Gasteiger partial charge in [0.05, 0.1) is 0 Å². The summed E-state index contributed by atoms with van der Waals surface area (Å²) in [6.07, 6.45) is 14.0. The van der Waals surface area contributed by atoms with E-state index in [2.05, 4.69) is 14.5 Å². The van der Waals surface area contributed by atoms with Gasteiger partial charge in [-0.25, -0.2) is 9.97 Å². The highest BCUT2D eigenvalue weighted by Crippen LogP contribution is 2.15. The molecule has 114 valence electrons. The molecule has 5 heteroatoms. The zero-order chi connectivity index (χ0) is 15.1. The van der Waals surface area contributed by atoms with Crippen LogP contribution in [0.1, 0.15) is 45.4 Å². The Labute approximate surface area is 126 Å². The number of hydrogen-bond acceptors (Lipinski definition) is 3. The van der Waals surface area contributed by atoms with E-state index in [9.17, 15) is 4.79 Å². The molecule has 5 nitrogen and oxygen atoms in total. The Hall–Kier alpha value is -1.91. The van der Waals surface area contributed by atoms with Gasteiger partial charge in [-0.3, -0.25) is 0 Å². The molecule has 0 aliphatic heterocycles. The van der Waals surface area contributed by atoms with Crippen molar-refractivity contribution in [1.29, 1.82) is 0 Å². The monoisotopic (exact) mass is 288 g/mol. The van der Waals surface area contributed by atoms with E-state index in [1.54, 1.807) is 13.1 Å². The fourth-order valence-corrected chi connectivity index (χ4v) is 2.46. The summed E-state index contributed by atoms with van der Waals surface area (Å²) < 4.78 is 4.15. The molecule has 0 aliphatic carbocycles. The molecule has 21 heavy (non-hydrogen) atoms. The first-order chi connectivity index (χ1) is 10.2. The quantitative estimate of drug-likeness (QED) is 0.666. The molecule has 0 radical (unpaired) electrons. The van der Waals surface area contributed by atoms with Gasteiger partial charge >= 0.3 is 0 Å². The molecule has 0 saturated heterocycles. The van der Waals surface area contributed by atoms with Crippen LogP contribution in [0.5, 0.6) is 0 Å². The van der Waals surface area contributed by atoms with Crippen LogP contribution in [0, 0.1) is 0 Å². The Kier molecular flexibility index (Phi) is 5.72. The third kappa shape index (κ3) is 4.55. The molecule has 0 fully saturated rings. The molecule has 0 aliphatic rings. The highest BCUT2D eigenvalue weighted by molar-refractivity contribution is 5.75. The number of hydrogen-bond donors (Lipinski definition) is 0. The molecule has 0 spiro atoms. The summed E-state index contributed by atoms with van der Waals surface area (Å²) in [5, 5.41) is 0. The fourth-order valence-electron chi connectivity index (χ4n) is 2.46. The van der Waals surface area contributed by atoms with E-state index in [0.29, 0.717) is 5.78 Å². The van der Waals surface area contributed by atoms with Crippen LogP contribution >= 0.6 is 0 Å². The summed E-state index contributed by atoms with van der Waals surface area (Å²) >= 11 is 0. The highest BCUT2D eigenvalue weighted by atomic mass is 16.1. The molecule has 2 heterocycles. The lowest BCUT2D eigenvalue weighted by atomic mass is 10.1. The van der Waals surface area contributed by atoms with Gasteiger partial charge in [0.1, 0.15) is 5.78 Å². The van der Waals surface area contributed by atoms with Crippen LogP contribution in [-0.4, -0.2) is 24.9 Å². The average Bonchev–Trinajstić information content (AvgIpc) is 3.05. The predicted molar refractivity (Wildman–Crippen MR) is 82.8 cm³/mol. The number of nitrogens with zero attached hydrogens (tertiary/aromatic N) is 4. The van der Waals surface area contributed by atoms with E-state index < -0.39 is 0 Å². The van der Waals surface area contributed by atoms with Crippen LogP contribution in [-0.2, 0) is 18.4 Å². The maximum absolute atomic E-state index is 10.8. The van der Waals surface area contributed by atoms with Crippen LogP contribution in [0.2, 0.25) is 0 Å². The number of ketones is 1. The number of imidazole rings is 2. The van der Waals surface area contributed by atoms with Gasteiger partial charge in [0.15, 0.2) is 11.6 Å². The van der Waals surface area contributed by atoms with Crippen molar-refractivity contribution in [2.24, 2.45) is 7.05 Å². The van der Waals surface area contributed by atoms with Crippen LogP contribution in [0.3, 0.4) is 0 Å². The van der Waals surface area contributed by atoms with Crippen molar-refractivity contribution in [3.05, 3.63) is 24.8 Å². The van der Waals surface area contributed by atoms with Crippen molar-refractivity contribution in [2.45, 2.75) is 52.0 Å². The molecule has 2 rings (SSSR count). The average molecular weight is 288 g/mol. The van der Waals surface area contributed by atoms with Crippen molar-refractivity contribution < 1.29 is 4.79 Å². The van der Waals surface area contributed by atoms with Gasteiger partial charge in [-0.05, 0) is 19.8 Å². The summed E-state index contributed by atoms with van der Waals surface area (Å²) in [5.74, 6) is 2.13. The molecule has 2 aromatic heterocycles. The molecule has 0 bridgehead atoms. The maximum Gasteiger partial charge on any atom is 0.176 e. The number of aryl methyl sites for hydroxylation is 2. The van der Waals surface area contributed by atoms with Gasteiger partial charge in [-0.2, -0.15) is 0 Å². The van der Waals surface area contributed by atoms with Gasteiger partial charge in [0.25, 0.3) is 0 Å². The number of unbranched alkanes of at least 4 members (excludes halogenated alkanes) is 4. The predicted octanol–water partition coefficient (Wildman–Crippen LogP) is 3.21. The topological polar surface area (TPSA) is 52.7 Å². The van der Waals surface area contributed by atoms with Gasteiger partial charge in [0, 0.05) is 44.8 Å². The van der Waals surface area contributed by atoms with E-state index in [1.165, 1.54) is 12.8 Å². The number of aromatic nitrogens is 4. The molecule has 0 atom stereocenters. The Morgan fingerprint density at radius 2 is 1.67 bits per heavy atom. The molecule has 0 amide bonds. The molecule has 0 N–H and O–H groups in total. The lowest BCUT2D eigenvalue weighted by molar-refractivity contribution is -0.117. The van der Waals surface area contributed by atoms with E-state index in [1.807, 2.05) is 30.2 Å². The first-order valence-corrected chi connectivity index (χ1v) is 7.67. The Balaban J connectivity index is 1.74. The third-order valence-electron chi connectivity index (χ3n) is 3.66. The molecule has 0 aromatic carbocycles. The van der Waals surface area contributed by atoms with Crippen molar-refractivity contribution in [3.8, 4) is 11.6 Å². The zero-order valence-electron chi connectivity index (χ0n) is 13.0. The SMILES string of the molecule is CC(=O)CCCCCCCn1ccnc1-c1nccn1C. The van der Waals surface area contributed by atoms with Crippen LogP contribution in [0.25, 0.3) is 11.6 Å². The van der Waals surface area contributed by atoms with Crippen molar-refractivity contribution in [3.63, 3.8) is 0 Å². The Morgan fingerprint density at radius 3 is 2.38 bits per heavy atom. The van der Waals surface area contributed by atoms with E-state index >= 15 is 0 Å². The summed E-state index contributed by atoms with van der Waals surface area (Å²) in [6, 6.07) is 0. The number of rotatable bonds is 9. The van der Waals surface area contributed by atoms with E-state index in [-0.39, 0.29) is 0 Å². The van der Waals surface area contributed by atoms with Crippen LogP contribution in [0.4, 0.5) is 0 Å². The number of carbonyl (C=O) groups is 1. The minimum absolute atomic E-state index is 0.299. The second kappa shape index (κ2) is 7.76. The first-order valence-electron chi connectivity index (χ1n) is 7.67. The Bertz CT molecular complexity index is 570. The largest absolute Gasteiger partial charge is 0.331 e.